The van der Waals surface area contributed by atoms with E-state index in [-0.39, 0.29) is 31.1 Å². The third kappa shape index (κ3) is 61.8. The van der Waals surface area contributed by atoms with Gasteiger partial charge < -0.3 is 14.2 Å². The molecule has 0 aliphatic carbocycles. The van der Waals surface area contributed by atoms with Crippen LogP contribution in [0.25, 0.3) is 0 Å². The van der Waals surface area contributed by atoms with Crippen molar-refractivity contribution in [1.29, 1.82) is 0 Å². The van der Waals surface area contributed by atoms with Crippen LogP contribution < -0.4 is 0 Å². The maximum Gasteiger partial charge on any atom is 0.306 e. The molecule has 6 heteroatoms. The van der Waals surface area contributed by atoms with Crippen LogP contribution in [0.4, 0.5) is 0 Å². The van der Waals surface area contributed by atoms with Crippen molar-refractivity contribution in [3.05, 3.63) is 60.8 Å². The van der Waals surface area contributed by atoms with Crippen molar-refractivity contribution < 1.29 is 28.6 Å². The fraction of sp³-hybridized carbons (Fsp3) is 0.812. The second kappa shape index (κ2) is 63.6. The lowest BCUT2D eigenvalue weighted by Gasteiger charge is -2.18. The Balaban J connectivity index is 4.18. The van der Waals surface area contributed by atoms with E-state index in [1.54, 1.807) is 0 Å². The van der Waals surface area contributed by atoms with Gasteiger partial charge in [-0.1, -0.05) is 300 Å². The van der Waals surface area contributed by atoms with E-state index in [1.165, 1.54) is 212 Å². The van der Waals surface area contributed by atoms with Gasteiger partial charge in [0, 0.05) is 19.3 Å². The molecule has 1 atom stereocenters. The molecule has 0 rings (SSSR count). The van der Waals surface area contributed by atoms with Gasteiger partial charge in [0.15, 0.2) is 6.10 Å². The van der Waals surface area contributed by atoms with Crippen molar-refractivity contribution in [2.75, 3.05) is 13.2 Å². The van der Waals surface area contributed by atoms with Gasteiger partial charge in [0.25, 0.3) is 0 Å². The summed E-state index contributed by atoms with van der Waals surface area (Å²) in [6, 6.07) is 0. The molecular formula is C69H124O6. The smallest absolute Gasteiger partial charge is 0.306 e. The van der Waals surface area contributed by atoms with E-state index in [4.69, 9.17) is 14.2 Å². The molecule has 0 saturated carbocycles. The minimum atomic E-state index is -0.783. The molecule has 0 bridgehead atoms. The molecule has 6 nitrogen and oxygen atoms in total. The topological polar surface area (TPSA) is 78.9 Å². The van der Waals surface area contributed by atoms with Crippen molar-refractivity contribution in [1.82, 2.24) is 0 Å². The maximum absolute atomic E-state index is 12.9. The summed E-state index contributed by atoms with van der Waals surface area (Å²) in [6.45, 7) is 6.54. The van der Waals surface area contributed by atoms with Crippen molar-refractivity contribution in [2.24, 2.45) is 0 Å². The zero-order valence-electron chi connectivity index (χ0n) is 50.1. The van der Waals surface area contributed by atoms with Crippen LogP contribution in [0, 0.1) is 0 Å². The summed E-state index contributed by atoms with van der Waals surface area (Å²) in [5, 5.41) is 0. The fourth-order valence-electron chi connectivity index (χ4n) is 9.61. The Bertz CT molecular complexity index is 1340. The Kier molecular flexibility index (Phi) is 61.2. The Morgan fingerprint density at radius 2 is 0.520 bits per heavy atom. The second-order valence-corrected chi connectivity index (χ2v) is 22.0. The summed E-state index contributed by atoms with van der Waals surface area (Å²) in [5.41, 5.74) is 0. The van der Waals surface area contributed by atoms with E-state index in [0.29, 0.717) is 19.3 Å². The molecule has 0 saturated heterocycles. The molecule has 436 valence electrons. The van der Waals surface area contributed by atoms with Gasteiger partial charge in [0.2, 0.25) is 0 Å². The number of hydrogen-bond donors (Lipinski definition) is 0. The highest BCUT2D eigenvalue weighted by Crippen LogP contribution is 2.17. The van der Waals surface area contributed by atoms with Crippen LogP contribution in [0.5, 0.6) is 0 Å². The Labute approximate surface area is 466 Å². The van der Waals surface area contributed by atoms with E-state index in [9.17, 15) is 14.4 Å². The first-order valence-corrected chi connectivity index (χ1v) is 32.8. The van der Waals surface area contributed by atoms with Crippen LogP contribution in [0.2, 0.25) is 0 Å². The van der Waals surface area contributed by atoms with E-state index in [1.807, 2.05) is 0 Å². The van der Waals surface area contributed by atoms with Crippen LogP contribution in [0.1, 0.15) is 342 Å². The van der Waals surface area contributed by atoms with Crippen LogP contribution in [-0.2, 0) is 28.6 Å². The van der Waals surface area contributed by atoms with E-state index < -0.39 is 6.10 Å². The van der Waals surface area contributed by atoms with Crippen molar-refractivity contribution in [3.8, 4) is 0 Å². The Morgan fingerprint density at radius 1 is 0.280 bits per heavy atom. The molecule has 0 radical (unpaired) electrons. The maximum atomic E-state index is 12.9. The minimum Gasteiger partial charge on any atom is -0.462 e. The number of hydrogen-bond acceptors (Lipinski definition) is 6. The number of allylic oxidation sites excluding steroid dienone is 10. The summed E-state index contributed by atoms with van der Waals surface area (Å²) >= 11 is 0. The lowest BCUT2D eigenvalue weighted by Crippen LogP contribution is -2.30. The number of rotatable bonds is 60. The molecule has 0 aliphatic heterocycles. The summed E-state index contributed by atoms with van der Waals surface area (Å²) in [7, 11) is 0. The van der Waals surface area contributed by atoms with Crippen LogP contribution in [0.3, 0.4) is 0 Å². The monoisotopic (exact) mass is 1050 g/mol. The highest BCUT2D eigenvalue weighted by Gasteiger charge is 2.19. The molecule has 0 fully saturated rings. The zero-order valence-corrected chi connectivity index (χ0v) is 50.1. The standard InChI is InChI=1S/C69H124O6/c1-4-7-10-13-16-19-22-25-27-28-29-30-31-32-33-34-35-36-37-38-39-40-42-44-47-50-53-56-59-62-68(71)74-65-66(64-73-67(70)61-58-55-52-49-46-43-24-21-18-15-12-9-6-3)75-69(72)63-60-57-54-51-48-45-41-26-23-20-17-14-11-8-5-2/h9,12,18,21-22,25,28-29,43,46,66H,4-8,10-11,13-17,19-20,23-24,26-27,30-42,44-45,47-65H2,1-3H3/b12-9-,21-18-,25-22-,29-28-,46-43-. The lowest BCUT2D eigenvalue weighted by atomic mass is 10.0. The SMILES string of the molecule is CC/C=C\C/C=C\C/C=C\CCCCCC(=O)OCC(COC(=O)CCCCCCCCCCCCCCCCCCC/C=C\C/C=C\CCCCCCC)OC(=O)CCCCCCCCCCCCCCCCC. The summed E-state index contributed by atoms with van der Waals surface area (Å²) < 4.78 is 16.9. The van der Waals surface area contributed by atoms with Gasteiger partial charge in [0.05, 0.1) is 0 Å². The largest absolute Gasteiger partial charge is 0.462 e. The first-order chi connectivity index (χ1) is 37.0. The summed E-state index contributed by atoms with van der Waals surface area (Å²) in [4.78, 5) is 38.2. The number of ether oxygens (including phenoxy) is 3. The van der Waals surface area contributed by atoms with Gasteiger partial charge in [-0.15, -0.1) is 0 Å². The molecule has 0 N–H and O–H groups in total. The zero-order chi connectivity index (χ0) is 54.3. The van der Waals surface area contributed by atoms with E-state index in [0.717, 1.165) is 89.9 Å². The number of carbonyl (C=O) groups excluding carboxylic acids is 3. The van der Waals surface area contributed by atoms with Crippen molar-refractivity contribution in [2.45, 2.75) is 348 Å². The van der Waals surface area contributed by atoms with Gasteiger partial charge in [-0.3, -0.25) is 14.4 Å². The normalized spacial score (nSPS) is 12.4. The third-order valence-corrected chi connectivity index (χ3v) is 14.5. The molecule has 0 aromatic heterocycles. The predicted molar refractivity (Wildman–Crippen MR) is 325 cm³/mol. The molecule has 0 aromatic carbocycles. The molecule has 0 heterocycles. The third-order valence-electron chi connectivity index (χ3n) is 14.5. The van der Waals surface area contributed by atoms with Crippen LogP contribution in [-0.4, -0.2) is 37.2 Å². The second-order valence-electron chi connectivity index (χ2n) is 22.0. The van der Waals surface area contributed by atoms with Crippen LogP contribution >= 0.6 is 0 Å². The fourth-order valence-corrected chi connectivity index (χ4v) is 9.61. The van der Waals surface area contributed by atoms with Gasteiger partial charge in [-0.25, -0.2) is 0 Å². The first kappa shape index (κ1) is 72.1. The minimum absolute atomic E-state index is 0.0794. The molecule has 0 spiro atoms. The summed E-state index contributed by atoms with van der Waals surface area (Å²) in [5.74, 6) is -0.891. The Morgan fingerprint density at radius 3 is 0.827 bits per heavy atom. The molecule has 0 amide bonds. The van der Waals surface area contributed by atoms with Crippen LogP contribution in [0.15, 0.2) is 60.8 Å². The number of esters is 3. The average molecular weight is 1050 g/mol. The van der Waals surface area contributed by atoms with Gasteiger partial charge in [-0.2, -0.15) is 0 Å². The Hall–Kier alpha value is -2.89. The molecule has 75 heavy (non-hydrogen) atoms. The quantitative estimate of drug-likeness (QED) is 0.0261. The molecule has 1 unspecified atom stereocenters. The molecule has 0 aromatic rings. The van der Waals surface area contributed by atoms with Gasteiger partial charge >= 0.3 is 17.9 Å². The molecular weight excluding hydrogens is 925 g/mol. The van der Waals surface area contributed by atoms with Crippen molar-refractivity contribution in [3.63, 3.8) is 0 Å². The van der Waals surface area contributed by atoms with E-state index >= 15 is 0 Å². The number of unbranched alkanes of at least 4 members (excludes halogenated alkanes) is 39. The first-order valence-electron chi connectivity index (χ1n) is 32.8. The highest BCUT2D eigenvalue weighted by atomic mass is 16.6. The summed E-state index contributed by atoms with van der Waals surface area (Å²) in [6.07, 6.45) is 81.0. The predicted octanol–water partition coefficient (Wildman–Crippen LogP) is 22.3. The number of carbonyl (C=O) groups is 3. The van der Waals surface area contributed by atoms with Gasteiger partial charge in [-0.05, 0) is 83.5 Å². The highest BCUT2D eigenvalue weighted by molar-refractivity contribution is 5.71. The van der Waals surface area contributed by atoms with Crippen molar-refractivity contribution >= 4 is 17.9 Å². The average Bonchev–Trinajstić information content (AvgIpc) is 3.41. The lowest BCUT2D eigenvalue weighted by molar-refractivity contribution is -0.167. The molecule has 0 aliphatic rings. The van der Waals surface area contributed by atoms with Gasteiger partial charge in [0.1, 0.15) is 13.2 Å². The van der Waals surface area contributed by atoms with E-state index in [2.05, 4.69) is 81.5 Å².